The molecule has 0 nitrogen and oxygen atoms in total. The van der Waals surface area contributed by atoms with E-state index in [2.05, 4.69) is 26.8 Å². The fourth-order valence-corrected chi connectivity index (χ4v) is 2.74. The maximum atomic E-state index is 2.53. The molecule has 4 unspecified atom stereocenters. The van der Waals surface area contributed by atoms with E-state index >= 15 is 0 Å². The van der Waals surface area contributed by atoms with Crippen molar-refractivity contribution in [3.8, 4) is 0 Å². The van der Waals surface area contributed by atoms with Gasteiger partial charge in [0.1, 0.15) is 0 Å². The molecule has 0 heteroatoms. The van der Waals surface area contributed by atoms with Crippen molar-refractivity contribution in [3.05, 3.63) is 11.6 Å². The summed E-state index contributed by atoms with van der Waals surface area (Å²) in [5, 5.41) is 0. The first-order chi connectivity index (χ1) is 5.72. The third kappa shape index (κ3) is 1.32. The van der Waals surface area contributed by atoms with E-state index in [0.29, 0.717) is 0 Å². The molecule has 1 saturated carbocycles. The Balaban J connectivity index is 1.82. The van der Waals surface area contributed by atoms with Crippen LogP contribution in [0.15, 0.2) is 11.6 Å². The van der Waals surface area contributed by atoms with E-state index in [1.54, 1.807) is 5.57 Å². The topological polar surface area (TPSA) is 0 Å². The van der Waals surface area contributed by atoms with Crippen molar-refractivity contribution in [2.24, 2.45) is 23.7 Å². The molecule has 2 rings (SSSR count). The lowest BCUT2D eigenvalue weighted by molar-refractivity contribution is 0.455. The molecule has 2 aliphatic rings. The van der Waals surface area contributed by atoms with E-state index < -0.39 is 0 Å². The Labute approximate surface area is 76.1 Å². The molecule has 0 aliphatic heterocycles. The highest BCUT2D eigenvalue weighted by molar-refractivity contribution is 5.23. The van der Waals surface area contributed by atoms with Crippen molar-refractivity contribution < 1.29 is 0 Å². The lowest BCUT2D eigenvalue weighted by Gasteiger charge is -2.08. The normalized spacial score (nSPS) is 40.6. The Hall–Kier alpha value is -0.260. The highest BCUT2D eigenvalue weighted by atomic mass is 14.5. The molecule has 0 bridgehead atoms. The summed E-state index contributed by atoms with van der Waals surface area (Å²) < 4.78 is 0. The van der Waals surface area contributed by atoms with Crippen molar-refractivity contribution in [1.82, 2.24) is 0 Å². The summed E-state index contributed by atoms with van der Waals surface area (Å²) in [4.78, 5) is 0. The van der Waals surface area contributed by atoms with Crippen LogP contribution < -0.4 is 0 Å². The second-order valence-corrected chi connectivity index (χ2v) is 4.87. The summed E-state index contributed by atoms with van der Waals surface area (Å²) in [6.07, 6.45) is 6.78. The Bertz CT molecular complexity index is 202. The number of fused-ring (bicyclic) bond motifs is 1. The van der Waals surface area contributed by atoms with Gasteiger partial charge in [-0.3, -0.25) is 0 Å². The molecular formula is C12H20. The van der Waals surface area contributed by atoms with Gasteiger partial charge in [0.25, 0.3) is 0 Å². The van der Waals surface area contributed by atoms with Crippen LogP contribution in [0, 0.1) is 23.7 Å². The molecule has 0 saturated heterocycles. The Morgan fingerprint density at radius 1 is 1.58 bits per heavy atom. The van der Waals surface area contributed by atoms with Crippen LogP contribution in [0.3, 0.4) is 0 Å². The van der Waals surface area contributed by atoms with Crippen LogP contribution in [0.25, 0.3) is 0 Å². The van der Waals surface area contributed by atoms with E-state index in [-0.39, 0.29) is 0 Å². The first-order valence-corrected chi connectivity index (χ1v) is 5.39. The van der Waals surface area contributed by atoms with Crippen LogP contribution in [0.5, 0.6) is 0 Å². The average molecular weight is 164 g/mol. The molecule has 4 atom stereocenters. The Morgan fingerprint density at radius 2 is 2.33 bits per heavy atom. The van der Waals surface area contributed by atoms with E-state index in [9.17, 15) is 0 Å². The fraction of sp³-hybridized carbons (Fsp3) is 0.833. The Morgan fingerprint density at radius 3 is 2.83 bits per heavy atom. The first kappa shape index (κ1) is 8.34. The summed E-state index contributed by atoms with van der Waals surface area (Å²) in [6, 6.07) is 0. The number of rotatable bonds is 3. The van der Waals surface area contributed by atoms with Crippen LogP contribution in [-0.4, -0.2) is 0 Å². The molecule has 0 aromatic rings. The third-order valence-corrected chi connectivity index (χ3v) is 3.80. The van der Waals surface area contributed by atoms with Crippen LogP contribution in [0.1, 0.15) is 40.0 Å². The van der Waals surface area contributed by atoms with Gasteiger partial charge in [-0.05, 0) is 43.4 Å². The van der Waals surface area contributed by atoms with E-state index in [1.807, 2.05) is 0 Å². The highest BCUT2D eigenvalue weighted by Gasteiger charge is 2.50. The molecule has 1 fully saturated rings. The van der Waals surface area contributed by atoms with Crippen molar-refractivity contribution in [2.45, 2.75) is 40.0 Å². The van der Waals surface area contributed by atoms with E-state index in [0.717, 1.165) is 23.7 Å². The average Bonchev–Trinajstić information content (AvgIpc) is 2.51. The molecule has 68 valence electrons. The maximum Gasteiger partial charge on any atom is -0.0165 e. The van der Waals surface area contributed by atoms with Crippen molar-refractivity contribution in [3.63, 3.8) is 0 Å². The van der Waals surface area contributed by atoms with Crippen LogP contribution in [-0.2, 0) is 0 Å². The maximum absolute atomic E-state index is 2.53. The summed E-state index contributed by atoms with van der Waals surface area (Å²) >= 11 is 0. The standard InChI is InChI=1S/C12H20/c1-4-8(2)5-10-11-6-9(3)7-12(10)11/h6,8,10-12H,4-5,7H2,1-3H3. The third-order valence-electron chi connectivity index (χ3n) is 3.80. The molecule has 0 aromatic heterocycles. The second-order valence-electron chi connectivity index (χ2n) is 4.87. The summed E-state index contributed by atoms with van der Waals surface area (Å²) in [5.74, 6) is 4.09. The number of allylic oxidation sites excluding steroid dienone is 2. The van der Waals surface area contributed by atoms with Crippen molar-refractivity contribution in [1.29, 1.82) is 0 Å². The minimum atomic E-state index is 0.953. The Kier molecular flexibility index (Phi) is 2.02. The highest BCUT2D eigenvalue weighted by Crippen LogP contribution is 2.58. The minimum absolute atomic E-state index is 0.953. The summed E-state index contributed by atoms with van der Waals surface area (Å²) in [6.45, 7) is 6.99. The second kappa shape index (κ2) is 2.90. The van der Waals surface area contributed by atoms with Crippen LogP contribution >= 0.6 is 0 Å². The van der Waals surface area contributed by atoms with Crippen molar-refractivity contribution in [2.75, 3.05) is 0 Å². The van der Waals surface area contributed by atoms with Gasteiger partial charge < -0.3 is 0 Å². The molecule has 0 N–H and O–H groups in total. The van der Waals surface area contributed by atoms with Crippen LogP contribution in [0.2, 0.25) is 0 Å². The smallest absolute Gasteiger partial charge is 0.0165 e. The molecule has 12 heavy (non-hydrogen) atoms. The monoisotopic (exact) mass is 164 g/mol. The summed E-state index contributed by atoms with van der Waals surface area (Å²) in [5.41, 5.74) is 1.64. The largest absolute Gasteiger partial charge is 0.0819 e. The van der Waals surface area contributed by atoms with Crippen molar-refractivity contribution >= 4 is 0 Å². The van der Waals surface area contributed by atoms with Gasteiger partial charge >= 0.3 is 0 Å². The van der Waals surface area contributed by atoms with Crippen LogP contribution in [0.4, 0.5) is 0 Å². The first-order valence-electron chi connectivity index (χ1n) is 5.39. The van der Waals surface area contributed by atoms with Gasteiger partial charge in [0.2, 0.25) is 0 Å². The lowest BCUT2D eigenvalue weighted by Crippen LogP contribution is -1.96. The number of hydrogen-bond donors (Lipinski definition) is 0. The SMILES string of the molecule is CCC(C)CC1C2C=C(C)CC21. The van der Waals surface area contributed by atoms with E-state index in [4.69, 9.17) is 0 Å². The zero-order valence-corrected chi connectivity index (χ0v) is 8.51. The molecule has 0 aromatic carbocycles. The fourth-order valence-electron chi connectivity index (χ4n) is 2.74. The molecule has 0 radical (unpaired) electrons. The zero-order valence-electron chi connectivity index (χ0n) is 8.51. The van der Waals surface area contributed by atoms with Gasteiger partial charge in [-0.1, -0.05) is 31.9 Å². The minimum Gasteiger partial charge on any atom is -0.0819 e. The molecule has 2 aliphatic carbocycles. The summed E-state index contributed by atoms with van der Waals surface area (Å²) in [7, 11) is 0. The van der Waals surface area contributed by atoms with Gasteiger partial charge in [-0.25, -0.2) is 0 Å². The quantitative estimate of drug-likeness (QED) is 0.559. The van der Waals surface area contributed by atoms with Gasteiger partial charge in [-0.15, -0.1) is 0 Å². The van der Waals surface area contributed by atoms with Gasteiger partial charge in [0.05, 0.1) is 0 Å². The molecule has 0 spiro atoms. The lowest BCUT2D eigenvalue weighted by atomic mass is 9.98. The molecule has 0 amide bonds. The zero-order chi connectivity index (χ0) is 8.72. The predicted octanol–water partition coefficient (Wildman–Crippen LogP) is 3.63. The molecule has 0 heterocycles. The number of hydrogen-bond acceptors (Lipinski definition) is 0. The van der Waals surface area contributed by atoms with Gasteiger partial charge in [-0.2, -0.15) is 0 Å². The van der Waals surface area contributed by atoms with Gasteiger partial charge in [0.15, 0.2) is 0 Å². The van der Waals surface area contributed by atoms with E-state index in [1.165, 1.54) is 19.3 Å². The van der Waals surface area contributed by atoms with Gasteiger partial charge in [0, 0.05) is 0 Å². The molecular weight excluding hydrogens is 144 g/mol. The predicted molar refractivity (Wildman–Crippen MR) is 52.9 cm³/mol.